The lowest BCUT2D eigenvalue weighted by atomic mass is 10.1. The summed E-state index contributed by atoms with van der Waals surface area (Å²) in [7, 11) is 0. The van der Waals surface area contributed by atoms with E-state index < -0.39 is 0 Å². The number of ketones is 1. The van der Waals surface area contributed by atoms with Crippen LogP contribution in [0.25, 0.3) is 0 Å². The fourth-order valence-corrected chi connectivity index (χ4v) is 1.64. The summed E-state index contributed by atoms with van der Waals surface area (Å²) in [6, 6.07) is 0. The van der Waals surface area contributed by atoms with Crippen LogP contribution in [0.1, 0.15) is 39.5 Å². The van der Waals surface area contributed by atoms with Gasteiger partial charge in [-0.2, -0.15) is 0 Å². The molecule has 2 nitrogen and oxygen atoms in total. The van der Waals surface area contributed by atoms with Crippen molar-refractivity contribution >= 4 is 5.78 Å². The summed E-state index contributed by atoms with van der Waals surface area (Å²) in [6.45, 7) is 7.81. The van der Waals surface area contributed by atoms with Gasteiger partial charge in [0.2, 0.25) is 0 Å². The van der Waals surface area contributed by atoms with Crippen molar-refractivity contribution in [2.45, 2.75) is 51.7 Å². The van der Waals surface area contributed by atoms with Crippen molar-refractivity contribution < 1.29 is 9.53 Å². The molecular formula is C11H18O2. The van der Waals surface area contributed by atoms with Gasteiger partial charge in [0.05, 0.1) is 6.10 Å². The van der Waals surface area contributed by atoms with Crippen molar-refractivity contribution in [1.29, 1.82) is 0 Å². The van der Waals surface area contributed by atoms with E-state index in [0.717, 1.165) is 24.8 Å². The first-order chi connectivity index (χ1) is 6.15. The minimum atomic E-state index is -0.151. The van der Waals surface area contributed by atoms with Crippen LogP contribution in [0.5, 0.6) is 0 Å². The monoisotopic (exact) mass is 182 g/mol. The zero-order chi connectivity index (χ0) is 9.84. The smallest absolute Gasteiger partial charge is 0.161 e. The van der Waals surface area contributed by atoms with Gasteiger partial charge >= 0.3 is 0 Å². The zero-order valence-corrected chi connectivity index (χ0v) is 8.51. The van der Waals surface area contributed by atoms with Crippen molar-refractivity contribution in [1.82, 2.24) is 0 Å². The van der Waals surface area contributed by atoms with Crippen LogP contribution >= 0.6 is 0 Å². The third-order valence-corrected chi connectivity index (χ3v) is 2.42. The highest BCUT2D eigenvalue weighted by Crippen LogP contribution is 2.25. The summed E-state index contributed by atoms with van der Waals surface area (Å²) in [6.07, 6.45) is 3.35. The number of carbonyl (C=O) groups is 1. The summed E-state index contributed by atoms with van der Waals surface area (Å²) in [4.78, 5) is 11.5. The molecule has 0 spiro atoms. The van der Waals surface area contributed by atoms with Gasteiger partial charge in [-0.05, 0) is 26.2 Å². The topological polar surface area (TPSA) is 26.3 Å². The molecule has 0 amide bonds. The van der Waals surface area contributed by atoms with Crippen LogP contribution in [-0.2, 0) is 9.53 Å². The van der Waals surface area contributed by atoms with E-state index in [4.69, 9.17) is 4.74 Å². The Bertz CT molecular complexity index is 208. The predicted octanol–water partition coefficient (Wildman–Crippen LogP) is 2.48. The Hall–Kier alpha value is -0.630. The van der Waals surface area contributed by atoms with Crippen LogP contribution in [0, 0.1) is 0 Å². The first kappa shape index (κ1) is 10.5. The minimum Gasteiger partial charge on any atom is -0.363 e. The van der Waals surface area contributed by atoms with Gasteiger partial charge in [-0.3, -0.25) is 4.79 Å². The second-order valence-electron chi connectivity index (χ2n) is 3.75. The fourth-order valence-electron chi connectivity index (χ4n) is 1.64. The van der Waals surface area contributed by atoms with E-state index in [9.17, 15) is 4.79 Å². The fraction of sp³-hybridized carbons (Fsp3) is 0.727. The molecule has 0 bridgehead atoms. The molecule has 2 unspecified atom stereocenters. The Morgan fingerprint density at radius 1 is 1.46 bits per heavy atom. The minimum absolute atomic E-state index is 0.116. The Morgan fingerprint density at radius 2 is 2.08 bits per heavy atom. The molecule has 2 heteroatoms. The lowest BCUT2D eigenvalue weighted by Gasteiger charge is -2.12. The van der Waals surface area contributed by atoms with Gasteiger partial charge in [-0.1, -0.05) is 19.1 Å². The van der Waals surface area contributed by atoms with Crippen LogP contribution in [0.3, 0.4) is 0 Å². The van der Waals surface area contributed by atoms with Crippen molar-refractivity contribution in [2.75, 3.05) is 0 Å². The molecule has 0 radical (unpaired) electrons. The maximum Gasteiger partial charge on any atom is 0.161 e. The number of ether oxygens (including phenoxy) is 1. The zero-order valence-electron chi connectivity index (χ0n) is 8.51. The van der Waals surface area contributed by atoms with Crippen molar-refractivity contribution in [3.05, 3.63) is 12.2 Å². The lowest BCUT2D eigenvalue weighted by Crippen LogP contribution is -2.21. The molecule has 0 saturated carbocycles. The summed E-state index contributed by atoms with van der Waals surface area (Å²) < 4.78 is 5.59. The molecule has 74 valence electrons. The predicted molar refractivity (Wildman–Crippen MR) is 52.6 cm³/mol. The summed E-state index contributed by atoms with van der Waals surface area (Å²) in [5.74, 6) is 0.256. The highest BCUT2D eigenvalue weighted by molar-refractivity contribution is 5.83. The van der Waals surface area contributed by atoms with Crippen LogP contribution < -0.4 is 0 Å². The molecule has 1 rings (SSSR count). The molecule has 2 atom stereocenters. The Morgan fingerprint density at radius 3 is 2.54 bits per heavy atom. The maximum atomic E-state index is 11.5. The molecule has 13 heavy (non-hydrogen) atoms. The van der Waals surface area contributed by atoms with Gasteiger partial charge in [-0.15, -0.1) is 0 Å². The van der Waals surface area contributed by atoms with E-state index in [2.05, 4.69) is 6.58 Å². The van der Waals surface area contributed by atoms with E-state index in [1.54, 1.807) is 0 Å². The molecule has 1 fully saturated rings. The molecule has 0 aliphatic carbocycles. The second-order valence-corrected chi connectivity index (χ2v) is 3.75. The van der Waals surface area contributed by atoms with Crippen molar-refractivity contribution in [3.8, 4) is 0 Å². The van der Waals surface area contributed by atoms with Crippen molar-refractivity contribution in [3.63, 3.8) is 0 Å². The van der Waals surface area contributed by atoms with E-state index in [1.165, 1.54) is 0 Å². The Kier molecular flexibility index (Phi) is 3.67. The molecule has 1 aliphatic rings. The van der Waals surface area contributed by atoms with Gasteiger partial charge in [0.25, 0.3) is 0 Å². The van der Waals surface area contributed by atoms with Crippen LogP contribution in [0.15, 0.2) is 12.2 Å². The first-order valence-electron chi connectivity index (χ1n) is 4.98. The summed E-state index contributed by atoms with van der Waals surface area (Å²) in [5.41, 5.74) is 1.03. The average Bonchev–Trinajstić information content (AvgIpc) is 2.52. The van der Waals surface area contributed by atoms with Crippen molar-refractivity contribution in [2.24, 2.45) is 0 Å². The normalized spacial score (nSPS) is 27.5. The van der Waals surface area contributed by atoms with Crippen LogP contribution in [0.2, 0.25) is 0 Å². The van der Waals surface area contributed by atoms with Crippen LogP contribution in [0.4, 0.5) is 0 Å². The number of hydrogen-bond donors (Lipinski definition) is 0. The van der Waals surface area contributed by atoms with Gasteiger partial charge < -0.3 is 4.74 Å². The van der Waals surface area contributed by atoms with Gasteiger partial charge in [0, 0.05) is 6.42 Å². The number of Topliss-reactive ketones (excluding diaryl/α,β-unsaturated/α-hetero) is 1. The standard InChI is InChI=1S/C11H18O2/c1-4-5-9(12)11-7-6-10(13-11)8(2)3/h10-11H,2,4-7H2,1,3H3. The average molecular weight is 182 g/mol. The third-order valence-electron chi connectivity index (χ3n) is 2.42. The number of hydrogen-bond acceptors (Lipinski definition) is 2. The molecule has 1 aliphatic heterocycles. The molecule has 1 saturated heterocycles. The van der Waals surface area contributed by atoms with Gasteiger partial charge in [0.1, 0.15) is 6.10 Å². The molecule has 0 N–H and O–H groups in total. The van der Waals surface area contributed by atoms with E-state index in [-0.39, 0.29) is 18.0 Å². The van der Waals surface area contributed by atoms with E-state index in [0.29, 0.717) is 6.42 Å². The highest BCUT2D eigenvalue weighted by atomic mass is 16.5. The Labute approximate surface area is 80.0 Å². The summed E-state index contributed by atoms with van der Waals surface area (Å²) in [5, 5.41) is 0. The maximum absolute atomic E-state index is 11.5. The molecular weight excluding hydrogens is 164 g/mol. The third kappa shape index (κ3) is 2.66. The van der Waals surface area contributed by atoms with Gasteiger partial charge in [-0.25, -0.2) is 0 Å². The quantitative estimate of drug-likeness (QED) is 0.624. The SMILES string of the molecule is C=C(C)C1CCC(C(=O)CCC)O1. The van der Waals surface area contributed by atoms with Crippen LogP contribution in [-0.4, -0.2) is 18.0 Å². The van der Waals surface area contributed by atoms with E-state index in [1.807, 2.05) is 13.8 Å². The number of rotatable bonds is 4. The molecule has 0 aromatic heterocycles. The molecule has 0 aromatic carbocycles. The molecule has 0 aromatic rings. The number of carbonyl (C=O) groups excluding carboxylic acids is 1. The molecule has 1 heterocycles. The van der Waals surface area contributed by atoms with Gasteiger partial charge in [0.15, 0.2) is 5.78 Å². The van der Waals surface area contributed by atoms with E-state index >= 15 is 0 Å². The first-order valence-corrected chi connectivity index (χ1v) is 4.98. The Balaban J connectivity index is 2.40. The second kappa shape index (κ2) is 4.56. The lowest BCUT2D eigenvalue weighted by molar-refractivity contribution is -0.129. The summed E-state index contributed by atoms with van der Waals surface area (Å²) >= 11 is 0. The highest BCUT2D eigenvalue weighted by Gasteiger charge is 2.29. The largest absolute Gasteiger partial charge is 0.363 e.